The van der Waals surface area contributed by atoms with Gasteiger partial charge in [0, 0.05) is 27.5 Å². The lowest BCUT2D eigenvalue weighted by Crippen LogP contribution is -1.94. The molecule has 1 aromatic carbocycles. The van der Waals surface area contributed by atoms with E-state index in [4.69, 9.17) is 0 Å². The van der Waals surface area contributed by atoms with Crippen LogP contribution in [0.3, 0.4) is 0 Å². The molecule has 0 fully saturated rings. The first-order valence-corrected chi connectivity index (χ1v) is 4.87. The highest BCUT2D eigenvalue weighted by Crippen LogP contribution is 2.15. The lowest BCUT2D eigenvalue weighted by atomic mass is 10.2. The first-order chi connectivity index (χ1) is 5.52. The Morgan fingerprint density at radius 3 is 2.00 bits per heavy atom. The summed E-state index contributed by atoms with van der Waals surface area (Å²) in [7, 11) is -1.34. The van der Waals surface area contributed by atoms with Gasteiger partial charge in [0.2, 0.25) is 0 Å². The summed E-state index contributed by atoms with van der Waals surface area (Å²) in [5.41, 5.74) is -0.0378. The number of hydrogen-bond donors (Lipinski definition) is 0. The monoisotopic (exact) mass is 190 g/mol. The third-order valence-electron chi connectivity index (χ3n) is 1.59. The number of benzene rings is 1. The van der Waals surface area contributed by atoms with Crippen molar-refractivity contribution in [3.05, 3.63) is 29.3 Å². The van der Waals surface area contributed by atoms with Crippen LogP contribution in [0.25, 0.3) is 0 Å². The molecule has 0 saturated carbocycles. The van der Waals surface area contributed by atoms with Crippen molar-refractivity contribution < 1.29 is 13.0 Å². The quantitative estimate of drug-likeness (QED) is 0.662. The van der Waals surface area contributed by atoms with Gasteiger partial charge in [-0.1, -0.05) is 0 Å². The van der Waals surface area contributed by atoms with Crippen molar-refractivity contribution in [3.63, 3.8) is 0 Å². The van der Waals surface area contributed by atoms with Crippen LogP contribution in [0.5, 0.6) is 0 Å². The summed E-state index contributed by atoms with van der Waals surface area (Å²) in [6, 6.07) is 2.18. The van der Waals surface area contributed by atoms with Crippen LogP contribution in [0, 0.1) is 18.6 Å². The fraction of sp³-hybridized carbons (Fsp3) is 0.250. The highest BCUT2D eigenvalue weighted by molar-refractivity contribution is 7.84. The van der Waals surface area contributed by atoms with Gasteiger partial charge < -0.3 is 0 Å². The molecule has 0 aromatic heterocycles. The summed E-state index contributed by atoms with van der Waals surface area (Å²) in [5.74, 6) is -1.31. The van der Waals surface area contributed by atoms with Gasteiger partial charge >= 0.3 is 0 Å². The molecule has 0 N–H and O–H groups in total. The third kappa shape index (κ3) is 1.69. The van der Waals surface area contributed by atoms with Crippen LogP contribution >= 0.6 is 0 Å². The molecule has 0 spiro atoms. The van der Waals surface area contributed by atoms with E-state index in [1.165, 1.54) is 13.2 Å². The molecule has 0 amide bonds. The molecule has 1 rings (SSSR count). The van der Waals surface area contributed by atoms with Crippen molar-refractivity contribution in [1.82, 2.24) is 0 Å². The van der Waals surface area contributed by atoms with Gasteiger partial charge in [-0.3, -0.25) is 4.21 Å². The van der Waals surface area contributed by atoms with Gasteiger partial charge in [0.05, 0.1) is 0 Å². The number of rotatable bonds is 1. The summed E-state index contributed by atoms with van der Waals surface area (Å²) >= 11 is 0. The molecule has 0 aliphatic rings. The summed E-state index contributed by atoms with van der Waals surface area (Å²) in [6.45, 7) is 1.34. The third-order valence-corrected chi connectivity index (χ3v) is 2.49. The molecule has 0 aliphatic carbocycles. The molecule has 0 bridgehead atoms. The van der Waals surface area contributed by atoms with Crippen LogP contribution in [-0.2, 0) is 10.8 Å². The lowest BCUT2D eigenvalue weighted by Gasteiger charge is -2.01. The largest absolute Gasteiger partial charge is 0.255 e. The second-order valence-corrected chi connectivity index (χ2v) is 3.85. The molecule has 66 valence electrons. The predicted molar refractivity (Wildman–Crippen MR) is 43.4 cm³/mol. The van der Waals surface area contributed by atoms with E-state index < -0.39 is 22.4 Å². The van der Waals surface area contributed by atoms with Gasteiger partial charge in [0.15, 0.2) is 0 Å². The molecular weight excluding hydrogens is 182 g/mol. The fourth-order valence-electron chi connectivity index (χ4n) is 0.788. The summed E-state index contributed by atoms with van der Waals surface area (Å²) < 4.78 is 36.5. The van der Waals surface area contributed by atoms with E-state index in [9.17, 15) is 13.0 Å². The number of halogens is 2. The van der Waals surface area contributed by atoms with E-state index >= 15 is 0 Å². The van der Waals surface area contributed by atoms with Gasteiger partial charge in [-0.15, -0.1) is 0 Å². The second-order valence-electron chi connectivity index (χ2n) is 2.47. The van der Waals surface area contributed by atoms with Gasteiger partial charge in [-0.25, -0.2) is 8.78 Å². The van der Waals surface area contributed by atoms with Crippen LogP contribution in [0.2, 0.25) is 0 Å². The average Bonchev–Trinajstić information content (AvgIpc) is 1.99. The van der Waals surface area contributed by atoms with Gasteiger partial charge in [-0.05, 0) is 19.1 Å². The minimum atomic E-state index is -1.34. The predicted octanol–water partition coefficient (Wildman–Crippen LogP) is 2.01. The van der Waals surface area contributed by atoms with Crippen LogP contribution < -0.4 is 0 Å². The highest BCUT2D eigenvalue weighted by atomic mass is 32.2. The van der Waals surface area contributed by atoms with Crippen LogP contribution in [-0.4, -0.2) is 10.5 Å². The molecule has 1 atom stereocenters. The maximum atomic E-state index is 12.8. The minimum Gasteiger partial charge on any atom is -0.255 e. The Bertz CT molecular complexity index is 313. The summed E-state index contributed by atoms with van der Waals surface area (Å²) in [5, 5.41) is 0. The zero-order valence-electron chi connectivity index (χ0n) is 6.73. The molecule has 1 unspecified atom stereocenters. The van der Waals surface area contributed by atoms with Crippen molar-refractivity contribution in [3.8, 4) is 0 Å². The van der Waals surface area contributed by atoms with Crippen molar-refractivity contribution in [2.45, 2.75) is 11.8 Å². The molecule has 12 heavy (non-hydrogen) atoms. The molecule has 0 radical (unpaired) electrons. The van der Waals surface area contributed by atoms with E-state index in [1.54, 1.807) is 0 Å². The second kappa shape index (κ2) is 3.31. The van der Waals surface area contributed by atoms with Crippen LogP contribution in [0.1, 0.15) is 5.56 Å². The maximum absolute atomic E-state index is 12.8. The smallest absolute Gasteiger partial charge is 0.130 e. The minimum absolute atomic E-state index is 0.0378. The van der Waals surface area contributed by atoms with E-state index in [0.29, 0.717) is 0 Å². The van der Waals surface area contributed by atoms with Crippen molar-refractivity contribution in [1.29, 1.82) is 0 Å². The standard InChI is InChI=1S/C8H8F2OS/c1-5-7(9)3-6(12(2)11)4-8(5)10/h3-4H,1-2H3. The molecular formula is C8H8F2OS. The Balaban J connectivity index is 3.31. The van der Waals surface area contributed by atoms with E-state index in [2.05, 4.69) is 0 Å². The fourth-order valence-corrected chi connectivity index (χ4v) is 1.33. The maximum Gasteiger partial charge on any atom is 0.130 e. The van der Waals surface area contributed by atoms with Crippen LogP contribution in [0.4, 0.5) is 8.78 Å². The van der Waals surface area contributed by atoms with E-state index in [-0.39, 0.29) is 10.5 Å². The van der Waals surface area contributed by atoms with Crippen LogP contribution in [0.15, 0.2) is 17.0 Å². The zero-order chi connectivity index (χ0) is 9.30. The Labute approximate surface area is 71.9 Å². The lowest BCUT2D eigenvalue weighted by molar-refractivity contribution is 0.561. The molecule has 0 saturated heterocycles. The molecule has 1 aromatic rings. The summed E-state index contributed by atoms with van der Waals surface area (Å²) in [4.78, 5) is 0.176. The van der Waals surface area contributed by atoms with Gasteiger partial charge in [-0.2, -0.15) is 0 Å². The van der Waals surface area contributed by atoms with Gasteiger partial charge in [0.25, 0.3) is 0 Å². The first-order valence-electron chi connectivity index (χ1n) is 3.31. The topological polar surface area (TPSA) is 17.1 Å². The Hall–Kier alpha value is -0.770. The highest BCUT2D eigenvalue weighted by Gasteiger charge is 2.08. The van der Waals surface area contributed by atoms with E-state index in [1.807, 2.05) is 0 Å². The van der Waals surface area contributed by atoms with Gasteiger partial charge in [0.1, 0.15) is 11.6 Å². The summed E-state index contributed by atoms with van der Waals surface area (Å²) in [6.07, 6.45) is 1.38. The first kappa shape index (κ1) is 9.32. The Morgan fingerprint density at radius 2 is 1.67 bits per heavy atom. The average molecular weight is 190 g/mol. The van der Waals surface area contributed by atoms with E-state index in [0.717, 1.165) is 12.1 Å². The van der Waals surface area contributed by atoms with Crippen molar-refractivity contribution >= 4 is 10.8 Å². The Morgan fingerprint density at radius 1 is 1.25 bits per heavy atom. The zero-order valence-corrected chi connectivity index (χ0v) is 7.54. The SMILES string of the molecule is Cc1c(F)cc(S(C)=O)cc1F. The molecule has 1 nitrogen and oxygen atoms in total. The number of hydrogen-bond acceptors (Lipinski definition) is 1. The Kier molecular flexibility index (Phi) is 2.57. The molecule has 0 aliphatic heterocycles. The van der Waals surface area contributed by atoms with Crippen molar-refractivity contribution in [2.24, 2.45) is 0 Å². The molecule has 0 heterocycles. The molecule has 4 heteroatoms. The normalized spacial score (nSPS) is 13.0. The van der Waals surface area contributed by atoms with Crippen molar-refractivity contribution in [2.75, 3.05) is 6.26 Å².